The van der Waals surface area contributed by atoms with Gasteiger partial charge in [0.05, 0.1) is 6.54 Å². The Morgan fingerprint density at radius 1 is 1.44 bits per heavy atom. The summed E-state index contributed by atoms with van der Waals surface area (Å²) >= 11 is 0. The molecule has 1 fully saturated rings. The van der Waals surface area contributed by atoms with E-state index < -0.39 is 5.97 Å². The maximum Gasteiger partial charge on any atom is 0.323 e. The zero-order valence-corrected chi connectivity index (χ0v) is 10.9. The minimum absolute atomic E-state index is 0.0342. The Hall–Kier alpha value is -1.70. The molecule has 0 spiro atoms. The number of carboxylic acids is 1. The van der Waals surface area contributed by atoms with Crippen LogP contribution in [0.4, 0.5) is 4.79 Å². The first-order valence-corrected chi connectivity index (χ1v) is 6.16. The Morgan fingerprint density at radius 3 is 2.44 bits per heavy atom. The molecule has 1 saturated carbocycles. The Balaban J connectivity index is 2.71. The molecular formula is C13H20N2O3. The third-order valence-electron chi connectivity index (χ3n) is 2.67. The molecule has 2 amide bonds. The molecule has 5 heteroatoms. The molecule has 0 aromatic carbocycles. The van der Waals surface area contributed by atoms with Gasteiger partial charge in [-0.15, -0.1) is 6.42 Å². The Bertz CT molecular complexity index is 356. The molecule has 100 valence electrons. The SMILES string of the molecule is C#CCN(CC(=O)O)C(=O)N(CC(C)C)C1CC1. The predicted octanol–water partition coefficient (Wildman–Crippen LogP) is 1.25. The summed E-state index contributed by atoms with van der Waals surface area (Å²) in [6.07, 6.45) is 7.17. The van der Waals surface area contributed by atoms with Crippen molar-refractivity contribution in [2.45, 2.75) is 32.7 Å². The first-order chi connectivity index (χ1) is 8.45. The van der Waals surface area contributed by atoms with Crippen molar-refractivity contribution < 1.29 is 14.7 Å². The lowest BCUT2D eigenvalue weighted by Gasteiger charge is -2.30. The highest BCUT2D eigenvalue weighted by Gasteiger charge is 2.35. The average molecular weight is 252 g/mol. The smallest absolute Gasteiger partial charge is 0.323 e. The van der Waals surface area contributed by atoms with Crippen LogP contribution in [0.25, 0.3) is 0 Å². The van der Waals surface area contributed by atoms with Gasteiger partial charge in [0.15, 0.2) is 0 Å². The summed E-state index contributed by atoms with van der Waals surface area (Å²) in [4.78, 5) is 26.0. The van der Waals surface area contributed by atoms with Gasteiger partial charge >= 0.3 is 12.0 Å². The van der Waals surface area contributed by atoms with Crippen molar-refractivity contribution in [2.24, 2.45) is 5.92 Å². The summed E-state index contributed by atoms with van der Waals surface area (Å²) in [5.41, 5.74) is 0. The topological polar surface area (TPSA) is 60.9 Å². The number of carboxylic acid groups (broad SMARTS) is 1. The van der Waals surface area contributed by atoms with Crippen LogP contribution in [0, 0.1) is 18.3 Å². The largest absolute Gasteiger partial charge is 0.480 e. The summed E-state index contributed by atoms with van der Waals surface area (Å²) in [7, 11) is 0. The van der Waals surface area contributed by atoms with E-state index in [1.54, 1.807) is 4.90 Å². The number of rotatable bonds is 6. The second kappa shape index (κ2) is 6.29. The number of hydrogen-bond donors (Lipinski definition) is 1. The lowest BCUT2D eigenvalue weighted by molar-refractivity contribution is -0.137. The van der Waals surface area contributed by atoms with Crippen molar-refractivity contribution in [1.29, 1.82) is 0 Å². The quantitative estimate of drug-likeness (QED) is 0.724. The van der Waals surface area contributed by atoms with Gasteiger partial charge in [0.25, 0.3) is 0 Å². The summed E-state index contributed by atoms with van der Waals surface area (Å²) in [5, 5.41) is 8.80. The van der Waals surface area contributed by atoms with E-state index in [2.05, 4.69) is 5.92 Å². The van der Waals surface area contributed by atoms with Crippen LogP contribution in [-0.4, -0.2) is 52.6 Å². The average Bonchev–Trinajstić information content (AvgIpc) is 3.07. The van der Waals surface area contributed by atoms with Crippen LogP contribution < -0.4 is 0 Å². The van der Waals surface area contributed by atoms with Crippen molar-refractivity contribution >= 4 is 12.0 Å². The van der Waals surface area contributed by atoms with Gasteiger partial charge in [-0.1, -0.05) is 19.8 Å². The van der Waals surface area contributed by atoms with Crippen molar-refractivity contribution in [3.63, 3.8) is 0 Å². The van der Waals surface area contributed by atoms with Gasteiger partial charge in [-0.3, -0.25) is 4.79 Å². The van der Waals surface area contributed by atoms with Crippen molar-refractivity contribution in [3.05, 3.63) is 0 Å². The third-order valence-corrected chi connectivity index (χ3v) is 2.67. The van der Waals surface area contributed by atoms with E-state index >= 15 is 0 Å². The number of carbonyl (C=O) groups excluding carboxylic acids is 1. The van der Waals surface area contributed by atoms with E-state index in [1.807, 2.05) is 13.8 Å². The zero-order valence-electron chi connectivity index (χ0n) is 10.9. The van der Waals surface area contributed by atoms with Crippen LogP contribution in [-0.2, 0) is 4.79 Å². The molecule has 1 aliphatic carbocycles. The molecule has 1 aliphatic rings. The zero-order chi connectivity index (χ0) is 13.7. The highest BCUT2D eigenvalue weighted by molar-refractivity contribution is 5.80. The molecule has 0 saturated heterocycles. The van der Waals surface area contributed by atoms with Crippen LogP contribution in [0.1, 0.15) is 26.7 Å². The van der Waals surface area contributed by atoms with E-state index in [4.69, 9.17) is 11.5 Å². The molecule has 1 N–H and O–H groups in total. The van der Waals surface area contributed by atoms with E-state index in [1.165, 1.54) is 4.90 Å². The number of amides is 2. The van der Waals surface area contributed by atoms with E-state index in [9.17, 15) is 9.59 Å². The van der Waals surface area contributed by atoms with Crippen molar-refractivity contribution in [2.75, 3.05) is 19.6 Å². The van der Waals surface area contributed by atoms with Crippen LogP contribution >= 0.6 is 0 Å². The maximum absolute atomic E-state index is 12.3. The minimum atomic E-state index is -1.04. The molecule has 0 unspecified atom stereocenters. The molecule has 5 nitrogen and oxygen atoms in total. The van der Waals surface area contributed by atoms with E-state index in [0.717, 1.165) is 12.8 Å². The lowest BCUT2D eigenvalue weighted by atomic mass is 10.2. The van der Waals surface area contributed by atoms with Gasteiger partial charge in [-0.2, -0.15) is 0 Å². The molecule has 0 aliphatic heterocycles. The van der Waals surface area contributed by atoms with Crippen molar-refractivity contribution in [3.8, 4) is 12.3 Å². The van der Waals surface area contributed by atoms with Gasteiger partial charge in [0.1, 0.15) is 6.54 Å². The molecular weight excluding hydrogens is 232 g/mol. The van der Waals surface area contributed by atoms with E-state index in [0.29, 0.717) is 12.5 Å². The Morgan fingerprint density at radius 2 is 2.06 bits per heavy atom. The number of nitrogens with zero attached hydrogens (tertiary/aromatic N) is 2. The van der Waals surface area contributed by atoms with Gasteiger partial charge in [0, 0.05) is 12.6 Å². The van der Waals surface area contributed by atoms with E-state index in [-0.39, 0.29) is 25.2 Å². The number of hydrogen-bond acceptors (Lipinski definition) is 2. The van der Waals surface area contributed by atoms with Crippen LogP contribution in [0.3, 0.4) is 0 Å². The molecule has 0 bridgehead atoms. The Labute approximate surface area is 108 Å². The number of urea groups is 1. The number of carbonyl (C=O) groups is 2. The Kier molecular flexibility index (Phi) is 5.02. The standard InChI is InChI=1S/C13H20N2O3/c1-4-7-14(9-12(16)17)13(18)15(8-10(2)3)11-5-6-11/h1,10-11H,5-9H2,2-3H3,(H,16,17). The normalized spacial score (nSPS) is 14.1. The molecule has 1 rings (SSSR count). The summed E-state index contributed by atoms with van der Waals surface area (Å²) in [6.45, 7) is 4.40. The summed E-state index contributed by atoms with van der Waals surface area (Å²) < 4.78 is 0. The fraction of sp³-hybridized carbons (Fsp3) is 0.692. The fourth-order valence-corrected chi connectivity index (χ4v) is 1.81. The fourth-order valence-electron chi connectivity index (χ4n) is 1.81. The lowest BCUT2D eigenvalue weighted by Crippen LogP contribution is -2.47. The molecule has 0 atom stereocenters. The maximum atomic E-state index is 12.3. The summed E-state index contributed by atoms with van der Waals surface area (Å²) in [5.74, 6) is 1.65. The molecule has 18 heavy (non-hydrogen) atoms. The van der Waals surface area contributed by atoms with Gasteiger partial charge in [-0.25, -0.2) is 4.79 Å². The van der Waals surface area contributed by atoms with Gasteiger partial charge in [0.2, 0.25) is 0 Å². The number of aliphatic carboxylic acids is 1. The molecule has 0 heterocycles. The third kappa shape index (κ3) is 4.28. The van der Waals surface area contributed by atoms with Crippen LogP contribution in [0.5, 0.6) is 0 Å². The second-order valence-electron chi connectivity index (χ2n) is 5.01. The van der Waals surface area contributed by atoms with Gasteiger partial charge < -0.3 is 14.9 Å². The van der Waals surface area contributed by atoms with Crippen LogP contribution in [0.15, 0.2) is 0 Å². The number of terminal acetylenes is 1. The predicted molar refractivity (Wildman–Crippen MR) is 68.0 cm³/mol. The van der Waals surface area contributed by atoms with Crippen LogP contribution in [0.2, 0.25) is 0 Å². The highest BCUT2D eigenvalue weighted by atomic mass is 16.4. The summed E-state index contributed by atoms with van der Waals surface area (Å²) in [6, 6.07) is 0.000481. The minimum Gasteiger partial charge on any atom is -0.480 e. The highest BCUT2D eigenvalue weighted by Crippen LogP contribution is 2.28. The molecule has 0 radical (unpaired) electrons. The molecule has 0 aromatic rings. The molecule has 0 aromatic heterocycles. The first-order valence-electron chi connectivity index (χ1n) is 6.16. The second-order valence-corrected chi connectivity index (χ2v) is 5.01. The van der Waals surface area contributed by atoms with Crippen molar-refractivity contribution in [1.82, 2.24) is 9.80 Å². The first kappa shape index (κ1) is 14.4. The van der Waals surface area contributed by atoms with Gasteiger partial charge in [-0.05, 0) is 18.8 Å². The monoisotopic (exact) mass is 252 g/mol.